The molecule has 92 valence electrons. The van der Waals surface area contributed by atoms with E-state index in [0.717, 1.165) is 29.7 Å². The fraction of sp³-hybridized carbons (Fsp3) is 0.500. The lowest BCUT2D eigenvalue weighted by molar-refractivity contribution is 0.0689. The molecule has 1 aliphatic rings. The van der Waals surface area contributed by atoms with Crippen molar-refractivity contribution in [3.05, 3.63) is 29.3 Å². The van der Waals surface area contributed by atoms with E-state index in [9.17, 15) is 4.79 Å². The van der Waals surface area contributed by atoms with Crippen molar-refractivity contribution in [2.24, 2.45) is 5.92 Å². The summed E-state index contributed by atoms with van der Waals surface area (Å²) in [4.78, 5) is 12.4. The highest BCUT2D eigenvalue weighted by molar-refractivity contribution is 5.98. The Kier molecular flexibility index (Phi) is 3.48. The van der Waals surface area contributed by atoms with Gasteiger partial charge in [0.15, 0.2) is 5.78 Å². The molecule has 0 aromatic heterocycles. The fourth-order valence-corrected chi connectivity index (χ4v) is 2.39. The van der Waals surface area contributed by atoms with Crippen molar-refractivity contribution < 1.29 is 9.53 Å². The summed E-state index contributed by atoms with van der Waals surface area (Å²) >= 11 is 0. The van der Waals surface area contributed by atoms with Crippen molar-refractivity contribution in [3.63, 3.8) is 0 Å². The van der Waals surface area contributed by atoms with Crippen molar-refractivity contribution in [1.82, 2.24) is 0 Å². The highest BCUT2D eigenvalue weighted by Crippen LogP contribution is 2.27. The van der Waals surface area contributed by atoms with Crippen LogP contribution in [0.2, 0.25) is 0 Å². The lowest BCUT2D eigenvalue weighted by Crippen LogP contribution is -2.23. The predicted octanol–water partition coefficient (Wildman–Crippen LogP) is 2.58. The molecule has 1 fully saturated rings. The Morgan fingerprint density at radius 1 is 1.53 bits per heavy atom. The molecule has 3 nitrogen and oxygen atoms in total. The summed E-state index contributed by atoms with van der Waals surface area (Å²) in [6.45, 7) is 4.68. The van der Waals surface area contributed by atoms with Crippen molar-refractivity contribution in [2.45, 2.75) is 32.8 Å². The van der Waals surface area contributed by atoms with Crippen LogP contribution in [-0.2, 0) is 4.74 Å². The number of benzene rings is 1. The Morgan fingerprint density at radius 2 is 2.29 bits per heavy atom. The van der Waals surface area contributed by atoms with Crippen molar-refractivity contribution in [2.75, 3.05) is 12.3 Å². The highest BCUT2D eigenvalue weighted by atomic mass is 16.5. The van der Waals surface area contributed by atoms with Gasteiger partial charge >= 0.3 is 0 Å². The van der Waals surface area contributed by atoms with Gasteiger partial charge in [0.05, 0.1) is 12.0 Å². The lowest BCUT2D eigenvalue weighted by atomic mass is 9.90. The van der Waals surface area contributed by atoms with Gasteiger partial charge in [0, 0.05) is 17.9 Å². The number of aryl methyl sites for hydroxylation is 1. The number of nitrogen functional groups attached to an aromatic ring is 1. The Balaban J connectivity index is 2.21. The van der Waals surface area contributed by atoms with E-state index < -0.39 is 0 Å². The third-order valence-corrected chi connectivity index (χ3v) is 3.50. The van der Waals surface area contributed by atoms with Crippen LogP contribution in [0.25, 0.3) is 0 Å². The van der Waals surface area contributed by atoms with Crippen LogP contribution in [0, 0.1) is 12.8 Å². The number of nitrogens with two attached hydrogens (primary N) is 1. The average molecular weight is 233 g/mol. The number of hydrogen-bond donors (Lipinski definition) is 1. The zero-order chi connectivity index (χ0) is 12.4. The molecule has 2 atom stereocenters. The van der Waals surface area contributed by atoms with Crippen LogP contribution in [0.4, 0.5) is 5.69 Å². The SMILES string of the molecule is CCC1OCCC1C(=O)c1ccc(N)c(C)c1. The van der Waals surface area contributed by atoms with E-state index in [1.54, 1.807) is 6.07 Å². The summed E-state index contributed by atoms with van der Waals surface area (Å²) in [6, 6.07) is 5.50. The Morgan fingerprint density at radius 3 is 2.94 bits per heavy atom. The molecule has 1 saturated heterocycles. The summed E-state index contributed by atoms with van der Waals surface area (Å²) in [7, 11) is 0. The van der Waals surface area contributed by atoms with Crippen LogP contribution in [0.3, 0.4) is 0 Å². The van der Waals surface area contributed by atoms with Gasteiger partial charge in [0.25, 0.3) is 0 Å². The molecule has 2 rings (SSSR count). The van der Waals surface area contributed by atoms with Crippen LogP contribution >= 0.6 is 0 Å². The third-order valence-electron chi connectivity index (χ3n) is 3.50. The molecule has 0 radical (unpaired) electrons. The molecular weight excluding hydrogens is 214 g/mol. The number of carbonyl (C=O) groups is 1. The zero-order valence-corrected chi connectivity index (χ0v) is 10.4. The second-order valence-electron chi connectivity index (χ2n) is 4.65. The Hall–Kier alpha value is -1.35. The Bertz CT molecular complexity index is 428. The van der Waals surface area contributed by atoms with Crippen LogP contribution in [0.5, 0.6) is 0 Å². The Labute approximate surface area is 102 Å². The van der Waals surface area contributed by atoms with E-state index >= 15 is 0 Å². The molecule has 0 saturated carbocycles. The summed E-state index contributed by atoms with van der Waals surface area (Å²) in [5.74, 6) is 0.209. The van der Waals surface area contributed by atoms with Gasteiger partial charge in [0.1, 0.15) is 0 Å². The summed E-state index contributed by atoms with van der Waals surface area (Å²) in [5.41, 5.74) is 8.21. The number of ether oxygens (including phenoxy) is 1. The fourth-order valence-electron chi connectivity index (χ4n) is 2.39. The minimum Gasteiger partial charge on any atom is -0.399 e. The maximum absolute atomic E-state index is 12.4. The van der Waals surface area contributed by atoms with Gasteiger partial charge < -0.3 is 10.5 Å². The first kappa shape index (κ1) is 12.1. The standard InChI is InChI=1S/C14H19NO2/c1-3-13-11(6-7-17-13)14(16)10-4-5-12(15)9(2)8-10/h4-5,8,11,13H,3,6-7,15H2,1-2H3. The lowest BCUT2D eigenvalue weighted by Gasteiger charge is -2.16. The first-order chi connectivity index (χ1) is 8.13. The molecule has 2 unspecified atom stereocenters. The van der Waals surface area contributed by atoms with Gasteiger partial charge in [-0.1, -0.05) is 6.92 Å². The number of rotatable bonds is 3. The number of anilines is 1. The van der Waals surface area contributed by atoms with Gasteiger partial charge in [-0.25, -0.2) is 0 Å². The molecule has 1 heterocycles. The normalized spacial score (nSPS) is 23.9. The molecule has 0 spiro atoms. The van der Waals surface area contributed by atoms with Crippen LogP contribution in [0.15, 0.2) is 18.2 Å². The zero-order valence-electron chi connectivity index (χ0n) is 10.4. The number of ketones is 1. The number of carbonyl (C=O) groups excluding carboxylic acids is 1. The average Bonchev–Trinajstić information content (AvgIpc) is 2.80. The van der Waals surface area contributed by atoms with E-state index in [2.05, 4.69) is 6.92 Å². The first-order valence-electron chi connectivity index (χ1n) is 6.15. The van der Waals surface area contributed by atoms with E-state index in [1.165, 1.54) is 0 Å². The highest BCUT2D eigenvalue weighted by Gasteiger charge is 2.33. The second-order valence-corrected chi connectivity index (χ2v) is 4.65. The topological polar surface area (TPSA) is 52.3 Å². The molecule has 17 heavy (non-hydrogen) atoms. The molecule has 0 bridgehead atoms. The van der Waals surface area contributed by atoms with Gasteiger partial charge in [0.2, 0.25) is 0 Å². The van der Waals surface area contributed by atoms with Crippen LogP contribution in [-0.4, -0.2) is 18.5 Å². The molecule has 0 amide bonds. The molecule has 2 N–H and O–H groups in total. The van der Waals surface area contributed by atoms with Crippen LogP contribution < -0.4 is 5.73 Å². The quantitative estimate of drug-likeness (QED) is 0.645. The van der Waals surface area contributed by atoms with Crippen molar-refractivity contribution in [3.8, 4) is 0 Å². The van der Waals surface area contributed by atoms with Gasteiger partial charge in [-0.05, 0) is 43.5 Å². The van der Waals surface area contributed by atoms with Crippen LogP contribution in [0.1, 0.15) is 35.7 Å². The largest absolute Gasteiger partial charge is 0.399 e. The third kappa shape index (κ3) is 2.34. The summed E-state index contributed by atoms with van der Waals surface area (Å²) in [6.07, 6.45) is 1.81. The summed E-state index contributed by atoms with van der Waals surface area (Å²) in [5, 5.41) is 0. The maximum atomic E-state index is 12.4. The number of hydrogen-bond acceptors (Lipinski definition) is 3. The van der Waals surface area contributed by atoms with Crippen molar-refractivity contribution in [1.29, 1.82) is 0 Å². The van der Waals surface area contributed by atoms with E-state index in [1.807, 2.05) is 19.1 Å². The second kappa shape index (κ2) is 4.88. The van der Waals surface area contributed by atoms with Gasteiger partial charge in [-0.15, -0.1) is 0 Å². The van der Waals surface area contributed by atoms with E-state index in [0.29, 0.717) is 6.61 Å². The first-order valence-corrected chi connectivity index (χ1v) is 6.15. The minimum atomic E-state index is 0.0167. The van der Waals surface area contributed by atoms with E-state index in [4.69, 9.17) is 10.5 Å². The van der Waals surface area contributed by atoms with Gasteiger partial charge in [-0.3, -0.25) is 4.79 Å². The summed E-state index contributed by atoms with van der Waals surface area (Å²) < 4.78 is 5.57. The molecule has 3 heteroatoms. The number of Topliss-reactive ketones (excluding diaryl/α,β-unsaturated/α-hetero) is 1. The molecule has 0 aliphatic carbocycles. The molecule has 1 aromatic carbocycles. The van der Waals surface area contributed by atoms with Crippen molar-refractivity contribution >= 4 is 11.5 Å². The molecule has 1 aliphatic heterocycles. The monoisotopic (exact) mass is 233 g/mol. The molecule has 1 aromatic rings. The smallest absolute Gasteiger partial charge is 0.168 e. The van der Waals surface area contributed by atoms with Gasteiger partial charge in [-0.2, -0.15) is 0 Å². The van der Waals surface area contributed by atoms with E-state index in [-0.39, 0.29) is 17.8 Å². The molecular formula is C14H19NO2. The minimum absolute atomic E-state index is 0.0167. The maximum Gasteiger partial charge on any atom is 0.168 e. The predicted molar refractivity (Wildman–Crippen MR) is 68.1 cm³/mol.